The van der Waals surface area contributed by atoms with E-state index in [9.17, 15) is 9.90 Å². The SMILES string of the molecule is CCn1c(C(O)(c2ccccc2)c2ccccc2)nc2ccc(CNC(=O)CO)cc21. The minimum atomic E-state index is -1.43. The lowest BCUT2D eigenvalue weighted by Crippen LogP contribution is -2.32. The quantitative estimate of drug-likeness (QED) is 0.433. The van der Waals surface area contributed by atoms with Gasteiger partial charge in [0.05, 0.1) is 11.0 Å². The fraction of sp³-hybridized carbons (Fsp3) is 0.200. The highest BCUT2D eigenvalue weighted by molar-refractivity contribution is 5.79. The van der Waals surface area contributed by atoms with Gasteiger partial charge in [0.25, 0.3) is 0 Å². The topological polar surface area (TPSA) is 87.4 Å². The standard InChI is InChI=1S/C25H25N3O3/c1-2-28-22-15-18(16-26-23(30)17-29)13-14-21(22)27-24(28)25(31,19-9-5-3-6-10-19)20-11-7-4-8-12-20/h3-15,29,31H,2,16-17H2,1H3,(H,26,30). The van der Waals surface area contributed by atoms with Crippen molar-refractivity contribution in [3.8, 4) is 0 Å². The third-order valence-corrected chi connectivity index (χ3v) is 5.47. The predicted molar refractivity (Wildman–Crippen MR) is 119 cm³/mol. The molecule has 3 aromatic carbocycles. The summed E-state index contributed by atoms with van der Waals surface area (Å²) in [6, 6.07) is 24.8. The molecule has 0 atom stereocenters. The molecule has 0 bridgehead atoms. The van der Waals surface area contributed by atoms with E-state index < -0.39 is 18.1 Å². The second-order valence-corrected chi connectivity index (χ2v) is 7.38. The molecule has 1 amide bonds. The van der Waals surface area contributed by atoms with Gasteiger partial charge < -0.3 is 20.1 Å². The van der Waals surface area contributed by atoms with Crippen LogP contribution in [-0.4, -0.2) is 32.3 Å². The van der Waals surface area contributed by atoms with Crippen molar-refractivity contribution in [2.75, 3.05) is 6.61 Å². The van der Waals surface area contributed by atoms with Crippen molar-refractivity contribution in [3.63, 3.8) is 0 Å². The number of nitrogens with one attached hydrogen (secondary N) is 1. The number of rotatable bonds is 7. The first-order valence-corrected chi connectivity index (χ1v) is 10.3. The molecule has 0 fully saturated rings. The number of fused-ring (bicyclic) bond motifs is 1. The maximum Gasteiger partial charge on any atom is 0.245 e. The van der Waals surface area contributed by atoms with E-state index in [1.54, 1.807) is 0 Å². The van der Waals surface area contributed by atoms with Crippen LogP contribution in [0.25, 0.3) is 11.0 Å². The van der Waals surface area contributed by atoms with Crippen molar-refractivity contribution in [2.45, 2.75) is 25.6 Å². The van der Waals surface area contributed by atoms with Crippen LogP contribution in [0.3, 0.4) is 0 Å². The number of aliphatic hydroxyl groups is 2. The Morgan fingerprint density at radius 3 is 2.16 bits per heavy atom. The number of carbonyl (C=O) groups is 1. The van der Waals surface area contributed by atoms with Gasteiger partial charge in [-0.25, -0.2) is 4.98 Å². The zero-order valence-corrected chi connectivity index (χ0v) is 17.3. The summed E-state index contributed by atoms with van der Waals surface area (Å²) in [6.45, 7) is 2.39. The van der Waals surface area contributed by atoms with Gasteiger partial charge in [-0.15, -0.1) is 0 Å². The zero-order chi connectivity index (χ0) is 21.8. The fourth-order valence-corrected chi connectivity index (χ4v) is 3.91. The van der Waals surface area contributed by atoms with Gasteiger partial charge >= 0.3 is 0 Å². The molecule has 4 aromatic rings. The largest absolute Gasteiger partial charge is 0.387 e. The van der Waals surface area contributed by atoms with Crippen LogP contribution < -0.4 is 5.32 Å². The zero-order valence-electron chi connectivity index (χ0n) is 17.3. The highest BCUT2D eigenvalue weighted by Crippen LogP contribution is 2.37. The lowest BCUT2D eigenvalue weighted by molar-refractivity contribution is -0.123. The summed E-state index contributed by atoms with van der Waals surface area (Å²) >= 11 is 0. The van der Waals surface area contributed by atoms with Gasteiger partial charge in [0.1, 0.15) is 6.61 Å². The molecular formula is C25H25N3O3. The molecule has 6 heteroatoms. The lowest BCUT2D eigenvalue weighted by atomic mass is 9.85. The van der Waals surface area contributed by atoms with Gasteiger partial charge in [0.2, 0.25) is 5.91 Å². The van der Waals surface area contributed by atoms with E-state index in [1.165, 1.54) is 0 Å². The van der Waals surface area contributed by atoms with Crippen molar-refractivity contribution >= 4 is 16.9 Å². The van der Waals surface area contributed by atoms with Gasteiger partial charge in [-0.1, -0.05) is 66.7 Å². The smallest absolute Gasteiger partial charge is 0.245 e. The Morgan fingerprint density at radius 2 is 1.61 bits per heavy atom. The average Bonchev–Trinajstić information content (AvgIpc) is 3.21. The Kier molecular flexibility index (Phi) is 5.84. The second-order valence-electron chi connectivity index (χ2n) is 7.38. The van der Waals surface area contributed by atoms with Crippen LogP contribution in [-0.2, 0) is 23.5 Å². The molecule has 0 radical (unpaired) electrons. The molecule has 0 saturated carbocycles. The normalized spacial score (nSPS) is 11.6. The molecule has 1 aromatic heterocycles. The fourth-order valence-electron chi connectivity index (χ4n) is 3.91. The van der Waals surface area contributed by atoms with Crippen molar-refractivity contribution in [1.29, 1.82) is 0 Å². The highest BCUT2D eigenvalue weighted by Gasteiger charge is 2.38. The third kappa shape index (κ3) is 3.83. The molecule has 31 heavy (non-hydrogen) atoms. The molecule has 4 rings (SSSR count). The van der Waals surface area contributed by atoms with Crippen molar-refractivity contribution in [2.24, 2.45) is 0 Å². The van der Waals surface area contributed by atoms with Gasteiger partial charge in [0, 0.05) is 13.1 Å². The maximum atomic E-state index is 12.1. The van der Waals surface area contributed by atoms with E-state index in [-0.39, 0.29) is 0 Å². The number of benzene rings is 3. The van der Waals surface area contributed by atoms with E-state index in [2.05, 4.69) is 5.32 Å². The van der Waals surface area contributed by atoms with E-state index >= 15 is 0 Å². The number of nitrogens with zero attached hydrogens (tertiary/aromatic N) is 2. The number of carbonyl (C=O) groups excluding carboxylic acids is 1. The van der Waals surface area contributed by atoms with Crippen LogP contribution in [0, 0.1) is 0 Å². The molecule has 0 aliphatic heterocycles. The Balaban J connectivity index is 1.88. The second kappa shape index (κ2) is 8.71. The van der Waals surface area contributed by atoms with E-state index in [1.807, 2.05) is 90.4 Å². The molecule has 0 aliphatic carbocycles. The number of aromatic nitrogens is 2. The molecule has 1 heterocycles. The predicted octanol–water partition coefficient (Wildman–Crippen LogP) is 2.95. The number of hydrogen-bond acceptors (Lipinski definition) is 4. The molecule has 0 aliphatic rings. The molecule has 0 saturated heterocycles. The Labute approximate surface area is 180 Å². The monoisotopic (exact) mass is 415 g/mol. The van der Waals surface area contributed by atoms with Gasteiger partial charge in [0.15, 0.2) is 11.4 Å². The summed E-state index contributed by atoms with van der Waals surface area (Å²) in [7, 11) is 0. The maximum absolute atomic E-state index is 12.1. The van der Waals surface area contributed by atoms with E-state index in [0.717, 1.165) is 27.7 Å². The number of aryl methyl sites for hydroxylation is 1. The molecule has 0 unspecified atom stereocenters. The number of imidazole rings is 1. The van der Waals surface area contributed by atoms with Crippen LogP contribution in [0.15, 0.2) is 78.9 Å². The molecule has 0 spiro atoms. The van der Waals surface area contributed by atoms with Gasteiger partial charge in [-0.2, -0.15) is 0 Å². The minimum Gasteiger partial charge on any atom is -0.387 e. The lowest BCUT2D eigenvalue weighted by Gasteiger charge is -2.29. The third-order valence-electron chi connectivity index (χ3n) is 5.47. The molecule has 158 valence electrons. The first-order chi connectivity index (χ1) is 15.1. The summed E-state index contributed by atoms with van der Waals surface area (Å²) in [6.07, 6.45) is 0. The summed E-state index contributed by atoms with van der Waals surface area (Å²) in [4.78, 5) is 16.3. The number of hydrogen-bond donors (Lipinski definition) is 3. The average molecular weight is 415 g/mol. The Bertz CT molecular complexity index is 1150. The summed E-state index contributed by atoms with van der Waals surface area (Å²) in [5.41, 5.74) is 2.57. The Hall–Kier alpha value is -3.48. The Morgan fingerprint density at radius 1 is 1.00 bits per heavy atom. The van der Waals surface area contributed by atoms with Gasteiger partial charge in [-0.05, 0) is 35.7 Å². The van der Waals surface area contributed by atoms with Crippen LogP contribution in [0.2, 0.25) is 0 Å². The molecular weight excluding hydrogens is 390 g/mol. The van der Waals surface area contributed by atoms with E-state index in [4.69, 9.17) is 10.1 Å². The van der Waals surface area contributed by atoms with E-state index in [0.29, 0.717) is 18.9 Å². The van der Waals surface area contributed by atoms with Crippen LogP contribution in [0.5, 0.6) is 0 Å². The molecule has 3 N–H and O–H groups in total. The van der Waals surface area contributed by atoms with Crippen molar-refractivity contribution < 1.29 is 15.0 Å². The first-order valence-electron chi connectivity index (χ1n) is 10.3. The highest BCUT2D eigenvalue weighted by atomic mass is 16.3. The van der Waals surface area contributed by atoms with Crippen molar-refractivity contribution in [1.82, 2.24) is 14.9 Å². The minimum absolute atomic E-state index is 0.307. The van der Waals surface area contributed by atoms with Crippen LogP contribution in [0.4, 0.5) is 0 Å². The van der Waals surface area contributed by atoms with Crippen LogP contribution >= 0.6 is 0 Å². The van der Waals surface area contributed by atoms with Gasteiger partial charge in [-0.3, -0.25) is 4.79 Å². The first kappa shape index (κ1) is 20.8. The number of aliphatic hydroxyl groups excluding tert-OH is 1. The summed E-state index contributed by atoms with van der Waals surface area (Å²) in [5.74, 6) is 0.117. The number of amides is 1. The van der Waals surface area contributed by atoms with Crippen molar-refractivity contribution in [3.05, 3.63) is 101 Å². The van der Waals surface area contributed by atoms with Crippen LogP contribution in [0.1, 0.15) is 29.4 Å². The summed E-state index contributed by atoms with van der Waals surface area (Å²) < 4.78 is 2.01. The molecule has 6 nitrogen and oxygen atoms in total. The summed E-state index contributed by atoms with van der Waals surface area (Å²) in [5, 5.41) is 23.7.